The van der Waals surface area contributed by atoms with E-state index < -0.39 is 43.9 Å². The standard InChI is InChI=1S/C13H13N3O8/c1-4-11(24-13(17)7(2)3)8-5-9(14(18)19)12(16(22)23)10(6-8)15(20)21/h5-6,11H,2,4H2,1,3H3. The Morgan fingerprint density at radius 1 is 1.12 bits per heavy atom. The van der Waals surface area contributed by atoms with Crippen molar-refractivity contribution in [3.05, 3.63) is 60.2 Å². The first-order chi connectivity index (χ1) is 11.1. The summed E-state index contributed by atoms with van der Waals surface area (Å²) in [5, 5.41) is 33.1. The molecule has 1 unspecified atom stereocenters. The van der Waals surface area contributed by atoms with E-state index in [0.717, 1.165) is 12.1 Å². The highest BCUT2D eigenvalue weighted by atomic mass is 16.6. The molecule has 0 heterocycles. The molecule has 0 radical (unpaired) electrons. The summed E-state index contributed by atoms with van der Waals surface area (Å²) in [6.07, 6.45) is -0.905. The molecule has 0 spiro atoms. The summed E-state index contributed by atoms with van der Waals surface area (Å²) >= 11 is 0. The predicted molar refractivity (Wildman–Crippen MR) is 80.3 cm³/mol. The maximum atomic E-state index is 11.6. The highest BCUT2D eigenvalue weighted by Crippen LogP contribution is 2.40. The Balaban J connectivity index is 3.56. The molecule has 1 atom stereocenters. The summed E-state index contributed by atoms with van der Waals surface area (Å²) in [5.41, 5.74) is -3.34. The van der Waals surface area contributed by atoms with Gasteiger partial charge in [-0.05, 0) is 13.3 Å². The van der Waals surface area contributed by atoms with E-state index in [-0.39, 0.29) is 17.6 Å². The van der Waals surface area contributed by atoms with Gasteiger partial charge in [-0.25, -0.2) is 4.79 Å². The van der Waals surface area contributed by atoms with E-state index in [1.165, 1.54) is 6.92 Å². The van der Waals surface area contributed by atoms with Gasteiger partial charge in [-0.3, -0.25) is 30.3 Å². The van der Waals surface area contributed by atoms with Gasteiger partial charge in [0, 0.05) is 23.3 Å². The van der Waals surface area contributed by atoms with Crippen molar-refractivity contribution in [1.29, 1.82) is 0 Å². The fourth-order valence-electron chi connectivity index (χ4n) is 1.89. The molecule has 1 rings (SSSR count). The molecule has 0 fully saturated rings. The number of ether oxygens (including phenoxy) is 1. The molecule has 0 aliphatic rings. The average Bonchev–Trinajstić information content (AvgIpc) is 2.50. The van der Waals surface area contributed by atoms with Gasteiger partial charge in [-0.1, -0.05) is 13.5 Å². The van der Waals surface area contributed by atoms with E-state index in [2.05, 4.69) is 6.58 Å². The van der Waals surface area contributed by atoms with E-state index in [9.17, 15) is 35.1 Å². The lowest BCUT2D eigenvalue weighted by molar-refractivity contribution is -0.441. The summed E-state index contributed by atoms with van der Waals surface area (Å²) < 4.78 is 5.06. The molecule has 128 valence electrons. The van der Waals surface area contributed by atoms with Crippen LogP contribution in [0.4, 0.5) is 17.1 Å². The third-order valence-corrected chi connectivity index (χ3v) is 3.01. The molecule has 11 nitrogen and oxygen atoms in total. The zero-order valence-corrected chi connectivity index (χ0v) is 12.8. The number of nitrogens with zero attached hydrogens (tertiary/aromatic N) is 3. The van der Waals surface area contributed by atoms with Crippen LogP contribution in [-0.2, 0) is 9.53 Å². The van der Waals surface area contributed by atoms with Gasteiger partial charge in [0.25, 0.3) is 0 Å². The van der Waals surface area contributed by atoms with Crippen LogP contribution in [0.5, 0.6) is 0 Å². The second-order valence-corrected chi connectivity index (χ2v) is 4.76. The molecule has 0 aromatic heterocycles. The lowest BCUT2D eigenvalue weighted by Gasteiger charge is -2.16. The van der Waals surface area contributed by atoms with Crippen molar-refractivity contribution in [2.75, 3.05) is 0 Å². The van der Waals surface area contributed by atoms with E-state index in [4.69, 9.17) is 4.74 Å². The number of nitro benzene ring substituents is 3. The van der Waals surface area contributed by atoms with Gasteiger partial charge >= 0.3 is 23.0 Å². The fraction of sp³-hybridized carbons (Fsp3) is 0.308. The monoisotopic (exact) mass is 339 g/mol. The molecule has 0 amide bonds. The predicted octanol–water partition coefficient (Wildman–Crippen LogP) is 2.98. The molecular weight excluding hydrogens is 326 g/mol. The van der Waals surface area contributed by atoms with Crippen LogP contribution in [0, 0.1) is 30.3 Å². The summed E-state index contributed by atoms with van der Waals surface area (Å²) in [4.78, 5) is 41.3. The van der Waals surface area contributed by atoms with Crippen LogP contribution in [0.1, 0.15) is 31.9 Å². The Morgan fingerprint density at radius 3 is 1.88 bits per heavy atom. The number of carbonyl (C=O) groups is 1. The van der Waals surface area contributed by atoms with Crippen LogP contribution in [-0.4, -0.2) is 20.7 Å². The summed E-state index contributed by atoms with van der Waals surface area (Å²) in [7, 11) is 0. The molecule has 0 aliphatic heterocycles. The molecule has 1 aromatic carbocycles. The van der Waals surface area contributed by atoms with Crippen molar-refractivity contribution < 1.29 is 24.3 Å². The Hall–Kier alpha value is -3.37. The third kappa shape index (κ3) is 3.88. The van der Waals surface area contributed by atoms with Crippen molar-refractivity contribution in [1.82, 2.24) is 0 Å². The number of esters is 1. The molecule has 11 heteroatoms. The molecule has 0 aliphatic carbocycles. The SMILES string of the molecule is C=C(C)C(=O)OC(CC)c1cc([N+](=O)[O-])c([N+](=O)[O-])c([N+](=O)[O-])c1. The van der Waals surface area contributed by atoms with Crippen LogP contribution in [0.15, 0.2) is 24.3 Å². The normalized spacial score (nSPS) is 11.4. The van der Waals surface area contributed by atoms with Crippen molar-refractivity contribution in [2.24, 2.45) is 0 Å². The van der Waals surface area contributed by atoms with Gasteiger partial charge < -0.3 is 4.74 Å². The molecular formula is C13H13N3O8. The van der Waals surface area contributed by atoms with Crippen LogP contribution in [0.3, 0.4) is 0 Å². The van der Waals surface area contributed by atoms with Crippen molar-refractivity contribution in [3.8, 4) is 0 Å². The second kappa shape index (κ2) is 7.26. The van der Waals surface area contributed by atoms with Gasteiger partial charge in [0.1, 0.15) is 6.10 Å². The first-order valence-electron chi connectivity index (χ1n) is 6.57. The maximum absolute atomic E-state index is 11.6. The summed E-state index contributed by atoms with van der Waals surface area (Å²) in [6.45, 7) is 6.35. The van der Waals surface area contributed by atoms with Crippen LogP contribution in [0.2, 0.25) is 0 Å². The molecule has 0 N–H and O–H groups in total. The lowest BCUT2D eigenvalue weighted by Crippen LogP contribution is -2.12. The second-order valence-electron chi connectivity index (χ2n) is 4.76. The number of nitro groups is 3. The number of benzene rings is 1. The molecule has 0 saturated carbocycles. The van der Waals surface area contributed by atoms with Gasteiger partial charge in [0.15, 0.2) is 0 Å². The minimum Gasteiger partial charge on any atom is -0.454 e. The van der Waals surface area contributed by atoms with Crippen LogP contribution < -0.4 is 0 Å². The van der Waals surface area contributed by atoms with E-state index >= 15 is 0 Å². The number of hydrogen-bond acceptors (Lipinski definition) is 8. The van der Waals surface area contributed by atoms with Crippen molar-refractivity contribution >= 4 is 23.0 Å². The summed E-state index contributed by atoms with van der Waals surface area (Å²) in [5.74, 6) is -0.787. The molecule has 24 heavy (non-hydrogen) atoms. The van der Waals surface area contributed by atoms with Crippen molar-refractivity contribution in [3.63, 3.8) is 0 Å². The number of hydrogen-bond donors (Lipinski definition) is 0. The fourth-order valence-corrected chi connectivity index (χ4v) is 1.89. The molecule has 0 saturated heterocycles. The molecule has 1 aromatic rings. The van der Waals surface area contributed by atoms with Gasteiger partial charge in [0.2, 0.25) is 0 Å². The molecule has 0 bridgehead atoms. The highest BCUT2D eigenvalue weighted by Gasteiger charge is 2.38. The van der Waals surface area contributed by atoms with E-state index in [1.807, 2.05) is 0 Å². The highest BCUT2D eigenvalue weighted by molar-refractivity contribution is 5.87. The first-order valence-corrected chi connectivity index (χ1v) is 6.57. The lowest BCUT2D eigenvalue weighted by atomic mass is 10.0. The number of rotatable bonds is 7. The first kappa shape index (κ1) is 18.7. The van der Waals surface area contributed by atoms with Gasteiger partial charge in [-0.2, -0.15) is 0 Å². The third-order valence-electron chi connectivity index (χ3n) is 3.01. The zero-order valence-electron chi connectivity index (χ0n) is 12.8. The van der Waals surface area contributed by atoms with Crippen molar-refractivity contribution in [2.45, 2.75) is 26.4 Å². The topological polar surface area (TPSA) is 156 Å². The maximum Gasteiger partial charge on any atom is 0.422 e. The van der Waals surface area contributed by atoms with E-state index in [1.54, 1.807) is 6.92 Å². The van der Waals surface area contributed by atoms with Crippen LogP contribution >= 0.6 is 0 Å². The van der Waals surface area contributed by atoms with E-state index in [0.29, 0.717) is 0 Å². The number of carbonyl (C=O) groups excluding carboxylic acids is 1. The Bertz CT molecular complexity index is 708. The smallest absolute Gasteiger partial charge is 0.422 e. The van der Waals surface area contributed by atoms with Gasteiger partial charge in [-0.15, -0.1) is 0 Å². The Kier molecular flexibility index (Phi) is 5.65. The largest absolute Gasteiger partial charge is 0.454 e. The zero-order chi connectivity index (χ0) is 18.6. The Morgan fingerprint density at radius 2 is 1.58 bits per heavy atom. The summed E-state index contributed by atoms with van der Waals surface area (Å²) in [6, 6.07) is 1.59. The quantitative estimate of drug-likeness (QED) is 0.317. The van der Waals surface area contributed by atoms with Gasteiger partial charge in [0.05, 0.1) is 14.8 Å². The minimum absolute atomic E-state index is 0.0689. The minimum atomic E-state index is -1.23. The average molecular weight is 339 g/mol. The Labute approximate surface area is 135 Å². The van der Waals surface area contributed by atoms with Crippen LogP contribution in [0.25, 0.3) is 0 Å².